The van der Waals surface area contributed by atoms with E-state index in [0.29, 0.717) is 5.56 Å². The fourth-order valence-electron chi connectivity index (χ4n) is 3.15. The molecule has 0 unspecified atom stereocenters. The smallest absolute Gasteiger partial charge is 0.294 e. The van der Waals surface area contributed by atoms with E-state index in [1.807, 2.05) is 11.3 Å². The molecule has 0 aliphatic carbocycles. The van der Waals surface area contributed by atoms with Crippen LogP contribution in [-0.2, 0) is 16.5 Å². The van der Waals surface area contributed by atoms with E-state index in [0.717, 1.165) is 25.9 Å². The minimum absolute atomic E-state index is 0.0278. The van der Waals surface area contributed by atoms with Crippen LogP contribution < -0.4 is 5.32 Å². The SMILES string of the molecule is CCc1ccc2cc(C3=CCNCC3)sc2c1.Cc1ccccc1S(=O)(=O)O. The van der Waals surface area contributed by atoms with Crippen molar-refractivity contribution in [1.82, 2.24) is 5.32 Å². The summed E-state index contributed by atoms with van der Waals surface area (Å²) in [5, 5.41) is 4.76. The fourth-order valence-corrected chi connectivity index (χ4v) is 5.07. The van der Waals surface area contributed by atoms with Crippen molar-refractivity contribution < 1.29 is 13.0 Å². The van der Waals surface area contributed by atoms with Crippen LogP contribution >= 0.6 is 11.3 Å². The fraction of sp³-hybridized carbons (Fsp3) is 0.273. The summed E-state index contributed by atoms with van der Waals surface area (Å²) in [6.45, 7) is 5.97. The molecule has 0 fully saturated rings. The van der Waals surface area contributed by atoms with Crippen molar-refractivity contribution >= 4 is 37.1 Å². The van der Waals surface area contributed by atoms with Crippen molar-refractivity contribution in [2.45, 2.75) is 31.6 Å². The molecule has 0 atom stereocenters. The summed E-state index contributed by atoms with van der Waals surface area (Å²) in [4.78, 5) is 1.43. The van der Waals surface area contributed by atoms with Crippen LogP contribution in [0, 0.1) is 6.92 Å². The standard InChI is InChI=1S/C15H17NS.C7H8O3S/c1-2-11-3-4-13-10-15(17-14(13)9-11)12-5-7-16-8-6-12;1-6-4-2-3-5-7(6)11(8,9)10/h3-5,9-10,16H,2,6-8H2,1H3;2-5H,1H3,(H,8,9,10). The molecule has 4 rings (SSSR count). The molecule has 0 radical (unpaired) electrons. The van der Waals surface area contributed by atoms with Crippen molar-refractivity contribution in [3.05, 3.63) is 70.6 Å². The molecule has 2 aromatic carbocycles. The van der Waals surface area contributed by atoms with Crippen molar-refractivity contribution in [3.8, 4) is 0 Å². The summed E-state index contributed by atoms with van der Waals surface area (Å²) in [6.07, 6.45) is 4.61. The number of benzene rings is 2. The van der Waals surface area contributed by atoms with E-state index in [9.17, 15) is 8.42 Å². The molecule has 6 heteroatoms. The Morgan fingerprint density at radius 1 is 1.14 bits per heavy atom. The quantitative estimate of drug-likeness (QED) is 0.585. The third kappa shape index (κ3) is 5.08. The van der Waals surface area contributed by atoms with Crippen molar-refractivity contribution in [3.63, 3.8) is 0 Å². The number of rotatable bonds is 3. The van der Waals surface area contributed by atoms with Gasteiger partial charge in [-0.05, 0) is 66.6 Å². The van der Waals surface area contributed by atoms with Crippen molar-refractivity contribution in [1.29, 1.82) is 0 Å². The largest absolute Gasteiger partial charge is 0.313 e. The molecule has 0 amide bonds. The molecule has 0 spiro atoms. The first-order chi connectivity index (χ1) is 13.4. The van der Waals surface area contributed by atoms with Crippen LogP contribution in [-0.4, -0.2) is 26.1 Å². The van der Waals surface area contributed by atoms with Crippen LogP contribution in [0.15, 0.2) is 59.5 Å². The summed E-state index contributed by atoms with van der Waals surface area (Å²) in [5.74, 6) is 0. The Balaban J connectivity index is 0.000000178. The van der Waals surface area contributed by atoms with Crippen LogP contribution in [0.3, 0.4) is 0 Å². The lowest BCUT2D eigenvalue weighted by Gasteiger charge is -2.11. The van der Waals surface area contributed by atoms with Gasteiger partial charge < -0.3 is 5.32 Å². The number of nitrogens with one attached hydrogen (secondary N) is 1. The molecule has 4 nitrogen and oxygen atoms in total. The average molecular weight is 416 g/mol. The maximum absolute atomic E-state index is 10.6. The highest BCUT2D eigenvalue weighted by atomic mass is 32.2. The first-order valence-electron chi connectivity index (χ1n) is 9.34. The lowest BCUT2D eigenvalue weighted by atomic mass is 10.1. The second-order valence-corrected chi connectivity index (χ2v) is 9.23. The van der Waals surface area contributed by atoms with E-state index < -0.39 is 10.1 Å². The van der Waals surface area contributed by atoms with Gasteiger partial charge in [0.2, 0.25) is 0 Å². The molecule has 0 saturated carbocycles. The molecule has 1 aliphatic rings. The Bertz CT molecular complexity index is 1100. The van der Waals surface area contributed by atoms with E-state index in [4.69, 9.17) is 4.55 Å². The molecule has 2 N–H and O–H groups in total. The van der Waals surface area contributed by atoms with Crippen molar-refractivity contribution in [2.24, 2.45) is 0 Å². The topological polar surface area (TPSA) is 66.4 Å². The maximum atomic E-state index is 10.6. The first kappa shape index (κ1) is 20.7. The van der Waals surface area contributed by atoms with Crippen LogP contribution in [0.5, 0.6) is 0 Å². The molecule has 28 heavy (non-hydrogen) atoms. The lowest BCUT2D eigenvalue weighted by Crippen LogP contribution is -2.19. The third-order valence-corrected chi connectivity index (χ3v) is 6.93. The summed E-state index contributed by atoms with van der Waals surface area (Å²) in [5.41, 5.74) is 3.50. The van der Waals surface area contributed by atoms with E-state index >= 15 is 0 Å². The Labute approximate surface area is 170 Å². The first-order valence-corrected chi connectivity index (χ1v) is 11.6. The van der Waals surface area contributed by atoms with Crippen LogP contribution in [0.4, 0.5) is 0 Å². The summed E-state index contributed by atoms with van der Waals surface area (Å²) in [7, 11) is -4.03. The van der Waals surface area contributed by atoms with Gasteiger partial charge in [0.1, 0.15) is 0 Å². The second kappa shape index (κ2) is 9.01. The molecule has 0 bridgehead atoms. The Morgan fingerprint density at radius 3 is 2.54 bits per heavy atom. The summed E-state index contributed by atoms with van der Waals surface area (Å²) >= 11 is 1.94. The van der Waals surface area contributed by atoms with Gasteiger partial charge in [-0.25, -0.2) is 0 Å². The normalized spacial score (nSPS) is 14.3. The third-order valence-electron chi connectivity index (χ3n) is 4.74. The zero-order valence-corrected chi connectivity index (χ0v) is 17.7. The van der Waals surface area contributed by atoms with Crippen LogP contribution in [0.25, 0.3) is 15.7 Å². The zero-order chi connectivity index (χ0) is 20.1. The van der Waals surface area contributed by atoms with Gasteiger partial charge in [0.05, 0.1) is 4.90 Å². The molecule has 148 valence electrons. The molecule has 2 heterocycles. The molecule has 3 aromatic rings. The minimum Gasteiger partial charge on any atom is -0.313 e. The minimum atomic E-state index is -4.03. The Hall–Kier alpha value is -1.99. The Kier molecular flexibility index (Phi) is 6.67. The van der Waals surface area contributed by atoms with E-state index in [-0.39, 0.29) is 4.90 Å². The number of hydrogen-bond acceptors (Lipinski definition) is 4. The van der Waals surface area contributed by atoms with Gasteiger partial charge in [-0.15, -0.1) is 11.3 Å². The molecule has 1 aromatic heterocycles. The zero-order valence-electron chi connectivity index (χ0n) is 16.1. The van der Waals surface area contributed by atoms with Crippen LogP contribution in [0.1, 0.15) is 29.3 Å². The highest BCUT2D eigenvalue weighted by molar-refractivity contribution is 7.85. The molecule has 1 aliphatic heterocycles. The number of hydrogen-bond donors (Lipinski definition) is 2. The van der Waals surface area contributed by atoms with Crippen LogP contribution in [0.2, 0.25) is 0 Å². The maximum Gasteiger partial charge on any atom is 0.294 e. The van der Waals surface area contributed by atoms with E-state index in [2.05, 4.69) is 42.6 Å². The number of aryl methyl sites for hydroxylation is 2. The molecular weight excluding hydrogens is 390 g/mol. The van der Waals surface area contributed by atoms with E-state index in [1.54, 1.807) is 25.1 Å². The lowest BCUT2D eigenvalue weighted by molar-refractivity contribution is 0.482. The van der Waals surface area contributed by atoms with Gasteiger partial charge in [0.15, 0.2) is 0 Å². The Morgan fingerprint density at radius 2 is 1.93 bits per heavy atom. The number of fused-ring (bicyclic) bond motifs is 1. The van der Waals surface area contributed by atoms with Gasteiger partial charge >= 0.3 is 0 Å². The van der Waals surface area contributed by atoms with Gasteiger partial charge in [-0.2, -0.15) is 8.42 Å². The van der Waals surface area contributed by atoms with E-state index in [1.165, 1.54) is 32.2 Å². The molecular formula is C22H25NO3S2. The van der Waals surface area contributed by atoms with Gasteiger partial charge in [0.25, 0.3) is 10.1 Å². The molecule has 0 saturated heterocycles. The predicted octanol–water partition coefficient (Wildman–Crippen LogP) is 5.08. The van der Waals surface area contributed by atoms with Gasteiger partial charge in [-0.1, -0.05) is 43.3 Å². The highest BCUT2D eigenvalue weighted by Crippen LogP contribution is 2.33. The van der Waals surface area contributed by atoms with Crippen molar-refractivity contribution in [2.75, 3.05) is 13.1 Å². The number of thiophene rings is 1. The second-order valence-electron chi connectivity index (χ2n) is 6.76. The summed E-state index contributed by atoms with van der Waals surface area (Å²) in [6, 6.07) is 15.5. The monoisotopic (exact) mass is 415 g/mol. The average Bonchev–Trinajstić information content (AvgIpc) is 3.12. The summed E-state index contributed by atoms with van der Waals surface area (Å²) < 4.78 is 31.3. The van der Waals surface area contributed by atoms with Gasteiger partial charge in [-0.3, -0.25) is 4.55 Å². The highest BCUT2D eigenvalue weighted by Gasteiger charge is 2.11. The van der Waals surface area contributed by atoms with Gasteiger partial charge in [0, 0.05) is 16.1 Å². The predicted molar refractivity (Wildman–Crippen MR) is 118 cm³/mol.